The first kappa shape index (κ1) is 17.7. The Morgan fingerprint density at radius 2 is 2.07 bits per heavy atom. The molecule has 0 radical (unpaired) electrons. The van der Waals surface area contributed by atoms with Gasteiger partial charge in [0, 0.05) is 24.9 Å². The lowest BCUT2D eigenvalue weighted by Gasteiger charge is -2.22. The van der Waals surface area contributed by atoms with E-state index >= 15 is 0 Å². The van der Waals surface area contributed by atoms with Crippen LogP contribution >= 0.6 is 0 Å². The van der Waals surface area contributed by atoms with Crippen molar-refractivity contribution in [2.75, 3.05) is 13.2 Å². The maximum Gasteiger partial charge on any atom is 0.123 e. The Labute approximate surface area is 158 Å². The van der Waals surface area contributed by atoms with Gasteiger partial charge in [-0.15, -0.1) is 0 Å². The van der Waals surface area contributed by atoms with E-state index in [-0.39, 0.29) is 5.82 Å². The molecule has 27 heavy (non-hydrogen) atoms. The van der Waals surface area contributed by atoms with Gasteiger partial charge >= 0.3 is 0 Å². The number of halogens is 1. The zero-order valence-corrected chi connectivity index (χ0v) is 15.1. The molecule has 1 fully saturated rings. The second-order valence-electron chi connectivity index (χ2n) is 6.82. The van der Waals surface area contributed by atoms with Crippen molar-refractivity contribution in [2.24, 2.45) is 0 Å². The zero-order chi connectivity index (χ0) is 18.5. The van der Waals surface area contributed by atoms with Crippen molar-refractivity contribution < 1.29 is 9.13 Å². The lowest BCUT2D eigenvalue weighted by Crippen LogP contribution is -2.23. The molecule has 140 valence electrons. The van der Waals surface area contributed by atoms with Gasteiger partial charge in [0.1, 0.15) is 11.6 Å². The predicted octanol–water partition coefficient (Wildman–Crippen LogP) is 3.90. The molecule has 0 unspecified atom stereocenters. The lowest BCUT2D eigenvalue weighted by molar-refractivity contribution is 0.241. The van der Waals surface area contributed by atoms with Crippen molar-refractivity contribution in [3.8, 4) is 5.75 Å². The van der Waals surface area contributed by atoms with Crippen molar-refractivity contribution >= 4 is 0 Å². The number of nitrogens with one attached hydrogen (secondary N) is 1. The summed E-state index contributed by atoms with van der Waals surface area (Å²) in [7, 11) is 0. The van der Waals surface area contributed by atoms with E-state index in [1.54, 1.807) is 12.1 Å². The van der Waals surface area contributed by atoms with Gasteiger partial charge < -0.3 is 4.74 Å². The molecule has 1 N–H and O–H groups in total. The van der Waals surface area contributed by atoms with Crippen LogP contribution in [-0.2, 0) is 13.0 Å². The number of likely N-dealkylation sites (tertiary alicyclic amines) is 1. The molecule has 6 heteroatoms. The fourth-order valence-electron chi connectivity index (χ4n) is 3.54. The molecule has 0 amide bonds. The monoisotopic (exact) mass is 366 g/mol. The molecule has 1 aliphatic heterocycles. The van der Waals surface area contributed by atoms with Crippen molar-refractivity contribution in [1.29, 1.82) is 0 Å². The summed E-state index contributed by atoms with van der Waals surface area (Å²) in [6.07, 6.45) is 4.86. The quantitative estimate of drug-likeness (QED) is 0.689. The SMILES string of the molecule is Fc1ccc(OCCc2cc([C@@H]3CCCN3Cc3ccccn3)n[nH]2)cc1. The third-order valence-corrected chi connectivity index (χ3v) is 4.90. The molecule has 1 aliphatic rings. The largest absolute Gasteiger partial charge is 0.493 e. The standard InChI is InChI=1S/C21H23FN4O/c22-16-6-8-19(9-7-16)27-13-10-17-14-20(25-24-17)21-5-3-12-26(21)15-18-4-1-2-11-23-18/h1-2,4,6-9,11,14,21H,3,5,10,12-13,15H2,(H,24,25)/t21-/m0/s1. The van der Waals surface area contributed by atoms with Gasteiger partial charge in [0.05, 0.1) is 24.0 Å². The van der Waals surface area contributed by atoms with Crippen LogP contribution in [-0.4, -0.2) is 33.2 Å². The summed E-state index contributed by atoms with van der Waals surface area (Å²) < 4.78 is 18.6. The summed E-state index contributed by atoms with van der Waals surface area (Å²) in [5.41, 5.74) is 3.23. The molecule has 1 atom stereocenters. The number of aromatic amines is 1. The zero-order valence-electron chi connectivity index (χ0n) is 15.1. The van der Waals surface area contributed by atoms with E-state index in [1.807, 2.05) is 18.3 Å². The number of nitrogens with zero attached hydrogens (tertiary/aromatic N) is 3. The maximum absolute atomic E-state index is 12.9. The highest BCUT2D eigenvalue weighted by Crippen LogP contribution is 2.32. The third kappa shape index (κ3) is 4.52. The van der Waals surface area contributed by atoms with Gasteiger partial charge in [0.25, 0.3) is 0 Å². The van der Waals surface area contributed by atoms with Crippen molar-refractivity contribution in [1.82, 2.24) is 20.1 Å². The summed E-state index contributed by atoms with van der Waals surface area (Å²) in [6.45, 7) is 2.44. The summed E-state index contributed by atoms with van der Waals surface area (Å²) in [6, 6.07) is 14.6. The van der Waals surface area contributed by atoms with Gasteiger partial charge in [-0.05, 0) is 61.9 Å². The average Bonchev–Trinajstić information content (AvgIpc) is 3.33. The van der Waals surface area contributed by atoms with Gasteiger partial charge in [-0.3, -0.25) is 15.0 Å². The van der Waals surface area contributed by atoms with Gasteiger partial charge in [0.2, 0.25) is 0 Å². The molecule has 0 spiro atoms. The van der Waals surface area contributed by atoms with Gasteiger partial charge in [-0.25, -0.2) is 4.39 Å². The third-order valence-electron chi connectivity index (χ3n) is 4.90. The van der Waals surface area contributed by atoms with E-state index in [4.69, 9.17) is 4.74 Å². The minimum Gasteiger partial charge on any atom is -0.493 e. The minimum atomic E-state index is -0.257. The van der Waals surface area contributed by atoms with Crippen LogP contribution in [0.15, 0.2) is 54.7 Å². The maximum atomic E-state index is 12.9. The summed E-state index contributed by atoms with van der Waals surface area (Å²) >= 11 is 0. The number of ether oxygens (including phenoxy) is 1. The van der Waals surface area contributed by atoms with Crippen LogP contribution in [0.25, 0.3) is 0 Å². The molecular weight excluding hydrogens is 343 g/mol. The minimum absolute atomic E-state index is 0.257. The second kappa shape index (κ2) is 8.31. The van der Waals surface area contributed by atoms with Crippen LogP contribution in [0.3, 0.4) is 0 Å². The molecule has 1 saturated heterocycles. The fraction of sp³-hybridized carbons (Fsp3) is 0.333. The van der Waals surface area contributed by atoms with Crippen LogP contribution in [0.1, 0.15) is 36.0 Å². The van der Waals surface area contributed by atoms with E-state index in [2.05, 4.69) is 32.2 Å². The molecule has 4 rings (SSSR count). The lowest BCUT2D eigenvalue weighted by atomic mass is 10.1. The number of rotatable bonds is 7. The van der Waals surface area contributed by atoms with Crippen molar-refractivity contribution in [3.63, 3.8) is 0 Å². The van der Waals surface area contributed by atoms with Crippen LogP contribution < -0.4 is 4.74 Å². The molecule has 5 nitrogen and oxygen atoms in total. The molecule has 3 heterocycles. The molecular formula is C21H23FN4O. The van der Waals surface area contributed by atoms with Crippen LogP contribution in [0.5, 0.6) is 5.75 Å². The Hall–Kier alpha value is -2.73. The first-order valence-electron chi connectivity index (χ1n) is 9.34. The van der Waals surface area contributed by atoms with Crippen LogP contribution in [0, 0.1) is 5.82 Å². The van der Waals surface area contributed by atoms with E-state index in [0.717, 1.165) is 43.0 Å². The molecule has 1 aromatic carbocycles. The van der Waals surface area contributed by atoms with Crippen molar-refractivity contribution in [3.05, 3.63) is 77.6 Å². The Morgan fingerprint density at radius 1 is 1.19 bits per heavy atom. The van der Waals surface area contributed by atoms with Crippen molar-refractivity contribution in [2.45, 2.75) is 31.8 Å². The van der Waals surface area contributed by atoms with Gasteiger partial charge in [-0.1, -0.05) is 6.07 Å². The summed E-state index contributed by atoms with van der Waals surface area (Å²) in [5, 5.41) is 7.67. The van der Waals surface area contributed by atoms with Crippen LogP contribution in [0.4, 0.5) is 4.39 Å². The van der Waals surface area contributed by atoms with E-state index < -0.39 is 0 Å². The van der Waals surface area contributed by atoms with Crippen LogP contribution in [0.2, 0.25) is 0 Å². The Morgan fingerprint density at radius 3 is 2.89 bits per heavy atom. The molecule has 0 aliphatic carbocycles. The fourth-order valence-corrected chi connectivity index (χ4v) is 3.54. The van der Waals surface area contributed by atoms with E-state index in [1.165, 1.54) is 18.6 Å². The summed E-state index contributed by atoms with van der Waals surface area (Å²) in [4.78, 5) is 6.88. The molecule has 0 saturated carbocycles. The highest BCUT2D eigenvalue weighted by atomic mass is 19.1. The first-order valence-corrected chi connectivity index (χ1v) is 9.34. The first-order chi connectivity index (χ1) is 13.3. The number of aromatic nitrogens is 3. The van der Waals surface area contributed by atoms with E-state index in [0.29, 0.717) is 18.4 Å². The summed E-state index contributed by atoms with van der Waals surface area (Å²) in [5.74, 6) is 0.417. The number of benzene rings is 1. The smallest absolute Gasteiger partial charge is 0.123 e. The number of hydrogen-bond donors (Lipinski definition) is 1. The molecule has 3 aromatic rings. The number of H-pyrrole nitrogens is 1. The Balaban J connectivity index is 1.33. The topological polar surface area (TPSA) is 54.0 Å². The number of pyridine rings is 1. The molecule has 2 aromatic heterocycles. The normalized spacial score (nSPS) is 17.3. The van der Waals surface area contributed by atoms with E-state index in [9.17, 15) is 4.39 Å². The molecule has 0 bridgehead atoms. The predicted molar refractivity (Wildman–Crippen MR) is 101 cm³/mol. The van der Waals surface area contributed by atoms with Gasteiger partial charge in [0.15, 0.2) is 0 Å². The average molecular weight is 366 g/mol. The second-order valence-corrected chi connectivity index (χ2v) is 6.82. The Kier molecular flexibility index (Phi) is 5.44. The Bertz CT molecular complexity index is 850. The number of hydrogen-bond acceptors (Lipinski definition) is 4. The van der Waals surface area contributed by atoms with Gasteiger partial charge in [-0.2, -0.15) is 5.10 Å². The highest BCUT2D eigenvalue weighted by molar-refractivity contribution is 5.22. The highest BCUT2D eigenvalue weighted by Gasteiger charge is 2.28.